The summed E-state index contributed by atoms with van der Waals surface area (Å²) in [6.45, 7) is 0. The first-order chi connectivity index (χ1) is 32.7. The Morgan fingerprint density at radius 2 is 0.712 bits per heavy atom. The van der Waals surface area contributed by atoms with Crippen molar-refractivity contribution < 1.29 is 4.42 Å². The predicted molar refractivity (Wildman–Crippen MR) is 280 cm³/mol. The van der Waals surface area contributed by atoms with Gasteiger partial charge in [0.25, 0.3) is 0 Å². The fourth-order valence-electron chi connectivity index (χ4n) is 10.3. The molecule has 0 radical (unpaired) electrons. The molecular formula is C64H41NO. The Labute approximate surface area is 382 Å². The molecule has 0 aliphatic carbocycles. The largest absolute Gasteiger partial charge is 0.455 e. The van der Waals surface area contributed by atoms with Gasteiger partial charge in [0.1, 0.15) is 11.2 Å². The van der Waals surface area contributed by atoms with Crippen LogP contribution in [-0.2, 0) is 0 Å². The van der Waals surface area contributed by atoms with E-state index < -0.39 is 0 Å². The van der Waals surface area contributed by atoms with E-state index in [1.54, 1.807) is 0 Å². The summed E-state index contributed by atoms with van der Waals surface area (Å²) in [5.74, 6) is 0. The Morgan fingerprint density at radius 1 is 0.258 bits per heavy atom. The van der Waals surface area contributed by atoms with Crippen LogP contribution in [-0.4, -0.2) is 0 Å². The van der Waals surface area contributed by atoms with Crippen LogP contribution < -0.4 is 4.90 Å². The zero-order valence-electron chi connectivity index (χ0n) is 36.0. The van der Waals surface area contributed by atoms with Crippen molar-refractivity contribution in [2.45, 2.75) is 0 Å². The van der Waals surface area contributed by atoms with E-state index in [0.29, 0.717) is 0 Å². The maximum Gasteiger partial charge on any atom is 0.143 e. The SMILES string of the molecule is c1ccc(-c2ccc(-c3cc4ccccc4c4ccccc34)cc2N(c2ccc(-c3cc4ccccc4c4ccccc34)cc2)c2ccc(-c3cccc4c3oc3ccccc34)cc2)cc1. The summed E-state index contributed by atoms with van der Waals surface area (Å²) in [7, 11) is 0. The molecule has 0 atom stereocenters. The first-order valence-electron chi connectivity index (χ1n) is 22.7. The number of furan rings is 1. The van der Waals surface area contributed by atoms with E-state index in [1.807, 2.05) is 12.1 Å². The Morgan fingerprint density at radius 3 is 1.33 bits per heavy atom. The maximum absolute atomic E-state index is 6.52. The van der Waals surface area contributed by atoms with Gasteiger partial charge in [-0.2, -0.15) is 0 Å². The van der Waals surface area contributed by atoms with Gasteiger partial charge in [0.15, 0.2) is 0 Å². The van der Waals surface area contributed by atoms with Crippen LogP contribution in [0.3, 0.4) is 0 Å². The molecule has 0 N–H and O–H groups in total. The molecule has 12 aromatic carbocycles. The minimum Gasteiger partial charge on any atom is -0.455 e. The first kappa shape index (κ1) is 37.8. The summed E-state index contributed by atoms with van der Waals surface area (Å²) in [4.78, 5) is 2.43. The van der Waals surface area contributed by atoms with Gasteiger partial charge in [0.05, 0.1) is 5.69 Å². The number of para-hydroxylation sites is 2. The topological polar surface area (TPSA) is 16.4 Å². The van der Waals surface area contributed by atoms with Crippen LogP contribution in [0.2, 0.25) is 0 Å². The van der Waals surface area contributed by atoms with Crippen LogP contribution in [0.1, 0.15) is 0 Å². The lowest BCUT2D eigenvalue weighted by molar-refractivity contribution is 0.670. The smallest absolute Gasteiger partial charge is 0.143 e. The highest BCUT2D eigenvalue weighted by Crippen LogP contribution is 2.46. The molecule has 1 aromatic heterocycles. The van der Waals surface area contributed by atoms with Gasteiger partial charge in [-0.1, -0.05) is 200 Å². The Kier molecular flexibility index (Phi) is 8.89. The molecule has 0 saturated heterocycles. The van der Waals surface area contributed by atoms with Gasteiger partial charge in [-0.25, -0.2) is 0 Å². The molecule has 308 valence electrons. The fourth-order valence-corrected chi connectivity index (χ4v) is 10.3. The molecule has 0 spiro atoms. The second-order valence-electron chi connectivity index (χ2n) is 17.2. The van der Waals surface area contributed by atoms with Crippen LogP contribution in [0.5, 0.6) is 0 Å². The number of rotatable bonds is 7. The predicted octanol–water partition coefficient (Wildman–Crippen LogP) is 18.3. The molecule has 1 heterocycles. The van der Waals surface area contributed by atoms with Crippen molar-refractivity contribution in [2.75, 3.05) is 4.90 Å². The fraction of sp³-hybridized carbons (Fsp3) is 0. The zero-order valence-corrected chi connectivity index (χ0v) is 36.0. The molecule has 13 rings (SSSR count). The van der Waals surface area contributed by atoms with Gasteiger partial charge < -0.3 is 9.32 Å². The lowest BCUT2D eigenvalue weighted by atomic mass is 9.91. The quantitative estimate of drug-likeness (QED) is 0.149. The number of hydrogen-bond acceptors (Lipinski definition) is 2. The van der Waals surface area contributed by atoms with E-state index in [1.165, 1.54) is 59.8 Å². The molecule has 0 aliphatic rings. The number of hydrogen-bond donors (Lipinski definition) is 0. The minimum atomic E-state index is 0.899. The molecule has 0 bridgehead atoms. The van der Waals surface area contributed by atoms with Gasteiger partial charge in [0, 0.05) is 33.3 Å². The van der Waals surface area contributed by atoms with E-state index >= 15 is 0 Å². The number of fused-ring (bicyclic) bond motifs is 9. The highest BCUT2D eigenvalue weighted by molar-refractivity contribution is 6.15. The Hall–Kier alpha value is -8.72. The minimum absolute atomic E-state index is 0.899. The molecule has 0 saturated carbocycles. The zero-order chi connectivity index (χ0) is 43.6. The molecule has 2 nitrogen and oxygen atoms in total. The van der Waals surface area contributed by atoms with Crippen LogP contribution in [0, 0.1) is 0 Å². The van der Waals surface area contributed by atoms with E-state index in [4.69, 9.17) is 4.42 Å². The monoisotopic (exact) mass is 839 g/mol. The van der Waals surface area contributed by atoms with Gasteiger partial charge in [-0.15, -0.1) is 0 Å². The van der Waals surface area contributed by atoms with Crippen molar-refractivity contribution in [3.63, 3.8) is 0 Å². The van der Waals surface area contributed by atoms with Crippen molar-refractivity contribution in [3.05, 3.63) is 249 Å². The van der Waals surface area contributed by atoms with E-state index in [9.17, 15) is 0 Å². The Bertz CT molecular complexity index is 3980. The van der Waals surface area contributed by atoms with Crippen molar-refractivity contribution >= 4 is 82.1 Å². The second-order valence-corrected chi connectivity index (χ2v) is 17.2. The van der Waals surface area contributed by atoms with Gasteiger partial charge in [-0.3, -0.25) is 0 Å². The molecule has 66 heavy (non-hydrogen) atoms. The van der Waals surface area contributed by atoms with Gasteiger partial charge in [-0.05, 0) is 125 Å². The van der Waals surface area contributed by atoms with Crippen molar-refractivity contribution in [1.29, 1.82) is 0 Å². The second kappa shape index (κ2) is 15.5. The lowest BCUT2D eigenvalue weighted by Crippen LogP contribution is -2.11. The summed E-state index contributed by atoms with van der Waals surface area (Å²) in [6, 6.07) is 90.4. The van der Waals surface area contributed by atoms with Gasteiger partial charge >= 0.3 is 0 Å². The highest BCUT2D eigenvalue weighted by Gasteiger charge is 2.21. The van der Waals surface area contributed by atoms with E-state index in [2.05, 4.69) is 241 Å². The molecule has 2 heteroatoms. The van der Waals surface area contributed by atoms with E-state index in [-0.39, 0.29) is 0 Å². The molecular weight excluding hydrogens is 799 g/mol. The van der Waals surface area contributed by atoms with Crippen LogP contribution in [0.25, 0.3) is 110 Å². The number of anilines is 3. The number of nitrogens with zero attached hydrogens (tertiary/aromatic N) is 1. The maximum atomic E-state index is 6.52. The van der Waals surface area contributed by atoms with Crippen molar-refractivity contribution in [3.8, 4) is 44.5 Å². The van der Waals surface area contributed by atoms with E-state index in [0.717, 1.165) is 66.8 Å². The molecule has 13 aromatic rings. The summed E-state index contributed by atoms with van der Waals surface area (Å²) in [5, 5.41) is 12.2. The summed E-state index contributed by atoms with van der Waals surface area (Å²) in [6.07, 6.45) is 0. The summed E-state index contributed by atoms with van der Waals surface area (Å²) in [5.41, 5.74) is 14.2. The van der Waals surface area contributed by atoms with Crippen LogP contribution >= 0.6 is 0 Å². The number of benzene rings is 12. The average molecular weight is 840 g/mol. The highest BCUT2D eigenvalue weighted by atomic mass is 16.3. The third kappa shape index (κ3) is 6.26. The van der Waals surface area contributed by atoms with Gasteiger partial charge in [0.2, 0.25) is 0 Å². The average Bonchev–Trinajstić information content (AvgIpc) is 3.78. The first-order valence-corrected chi connectivity index (χ1v) is 22.7. The molecule has 0 unspecified atom stereocenters. The standard InChI is InChI=1S/C64H41NO/c1-2-15-42(16-3-1)52-38-33-47(61-40-46-18-5-7-20-51(46)55-22-9-11-24-57(55)61)41-62(52)65(48-34-29-43(30-35-48)53-26-14-27-59-58-25-12-13-28-63(58)66-64(53)59)49-36-31-44(32-37-49)60-39-45-17-4-6-19-50(45)54-21-8-10-23-56(54)60/h1-41H. The molecule has 0 amide bonds. The van der Waals surface area contributed by atoms with Crippen molar-refractivity contribution in [2.24, 2.45) is 0 Å². The Balaban J connectivity index is 1.02. The van der Waals surface area contributed by atoms with Crippen LogP contribution in [0.15, 0.2) is 253 Å². The summed E-state index contributed by atoms with van der Waals surface area (Å²) < 4.78 is 6.52. The third-order valence-corrected chi connectivity index (χ3v) is 13.4. The lowest BCUT2D eigenvalue weighted by Gasteiger charge is -2.29. The normalized spacial score (nSPS) is 11.6. The van der Waals surface area contributed by atoms with Crippen LogP contribution in [0.4, 0.5) is 17.1 Å². The molecule has 0 aliphatic heterocycles. The van der Waals surface area contributed by atoms with Crippen molar-refractivity contribution in [1.82, 2.24) is 0 Å². The summed E-state index contributed by atoms with van der Waals surface area (Å²) >= 11 is 0. The third-order valence-electron chi connectivity index (χ3n) is 13.4. The molecule has 0 fully saturated rings.